The monoisotopic (exact) mass is 333 g/mol. The second kappa shape index (κ2) is 8.12. The van der Waals surface area contributed by atoms with Crippen molar-refractivity contribution < 1.29 is 4.79 Å². The fourth-order valence-electron chi connectivity index (χ4n) is 2.48. The lowest BCUT2D eigenvalue weighted by molar-refractivity contribution is -0.115. The van der Waals surface area contributed by atoms with E-state index in [-0.39, 0.29) is 17.7 Å². The lowest BCUT2D eigenvalue weighted by Crippen LogP contribution is -2.23. The predicted molar refractivity (Wildman–Crippen MR) is 92.2 cm³/mol. The van der Waals surface area contributed by atoms with Crippen molar-refractivity contribution in [3.05, 3.63) is 41.7 Å². The lowest BCUT2D eigenvalue weighted by Gasteiger charge is -2.23. The van der Waals surface area contributed by atoms with E-state index in [1.165, 1.54) is 17.3 Å². The quantitative estimate of drug-likeness (QED) is 0.747. The topological polar surface area (TPSA) is 77.0 Å². The van der Waals surface area contributed by atoms with E-state index in [1.807, 2.05) is 32.3 Å². The maximum atomic E-state index is 11.1. The number of carbonyl (C=O) groups is 1. The van der Waals surface area contributed by atoms with Crippen LogP contribution in [0, 0.1) is 0 Å². The van der Waals surface area contributed by atoms with E-state index in [0.717, 1.165) is 17.4 Å². The van der Waals surface area contributed by atoms with Crippen LogP contribution in [0.4, 0.5) is 0 Å². The molecule has 124 valence electrons. The molecule has 2 rings (SSSR count). The number of nitrogens with two attached hydrogens (primary N) is 1. The largest absolute Gasteiger partial charge is 0.369 e. The predicted octanol–water partition coefficient (Wildman–Crippen LogP) is 1.92. The second-order valence-corrected chi connectivity index (χ2v) is 6.50. The van der Waals surface area contributed by atoms with Crippen LogP contribution in [0.15, 0.2) is 35.5 Å². The summed E-state index contributed by atoms with van der Waals surface area (Å²) in [4.78, 5) is 13.2. The average molecular weight is 333 g/mol. The zero-order valence-electron chi connectivity index (χ0n) is 13.8. The van der Waals surface area contributed by atoms with Crippen LogP contribution in [-0.2, 0) is 11.3 Å². The Labute approximate surface area is 141 Å². The van der Waals surface area contributed by atoms with Gasteiger partial charge >= 0.3 is 0 Å². The number of primary amides is 1. The van der Waals surface area contributed by atoms with E-state index in [9.17, 15) is 4.79 Å². The number of thioether (sulfide) groups is 1. The first-order valence-corrected chi connectivity index (χ1v) is 8.56. The Morgan fingerprint density at radius 3 is 2.57 bits per heavy atom. The number of rotatable bonds is 8. The van der Waals surface area contributed by atoms with Crippen LogP contribution >= 0.6 is 11.8 Å². The zero-order valence-corrected chi connectivity index (χ0v) is 14.6. The number of benzene rings is 1. The molecule has 0 aliphatic carbocycles. The number of aromatic nitrogens is 3. The molecule has 7 heteroatoms. The molecule has 0 radical (unpaired) electrons. The second-order valence-electron chi connectivity index (χ2n) is 5.56. The maximum Gasteiger partial charge on any atom is 0.227 e. The normalized spacial score (nSPS) is 12.5. The van der Waals surface area contributed by atoms with Crippen LogP contribution in [0.2, 0.25) is 0 Å². The van der Waals surface area contributed by atoms with E-state index in [1.54, 1.807) is 0 Å². The fourth-order valence-corrected chi connectivity index (χ4v) is 3.17. The van der Waals surface area contributed by atoms with Gasteiger partial charge in [-0.1, -0.05) is 49.0 Å². The van der Waals surface area contributed by atoms with Crippen LogP contribution in [0.5, 0.6) is 0 Å². The van der Waals surface area contributed by atoms with Crippen molar-refractivity contribution in [2.24, 2.45) is 5.73 Å². The van der Waals surface area contributed by atoms with Crippen LogP contribution in [0.3, 0.4) is 0 Å². The maximum absolute atomic E-state index is 11.1. The summed E-state index contributed by atoms with van der Waals surface area (Å²) in [5.41, 5.74) is 6.43. The molecule has 2 aromatic rings. The molecule has 1 aromatic heterocycles. The average Bonchev–Trinajstić information content (AvgIpc) is 2.89. The molecular formula is C16H23N5OS. The van der Waals surface area contributed by atoms with E-state index in [4.69, 9.17) is 5.73 Å². The highest BCUT2D eigenvalue weighted by atomic mass is 32.2. The van der Waals surface area contributed by atoms with Gasteiger partial charge in [0.2, 0.25) is 5.91 Å². The Kier molecular flexibility index (Phi) is 6.18. The van der Waals surface area contributed by atoms with Gasteiger partial charge in [0, 0.05) is 0 Å². The van der Waals surface area contributed by atoms with Crippen molar-refractivity contribution in [1.82, 2.24) is 19.7 Å². The SMILES string of the molecule is CC[C@H](c1nnc(SCC(N)=O)n1Cc1ccccc1)N(C)C. The van der Waals surface area contributed by atoms with Gasteiger partial charge < -0.3 is 10.3 Å². The molecule has 0 aliphatic rings. The molecule has 0 saturated carbocycles. The highest BCUT2D eigenvalue weighted by molar-refractivity contribution is 7.99. The summed E-state index contributed by atoms with van der Waals surface area (Å²) in [5, 5.41) is 9.38. The molecule has 0 fully saturated rings. The van der Waals surface area contributed by atoms with Crippen molar-refractivity contribution in [2.45, 2.75) is 31.1 Å². The Hall–Kier alpha value is -1.86. The fraction of sp³-hybridized carbons (Fsp3) is 0.438. The summed E-state index contributed by atoms with van der Waals surface area (Å²) < 4.78 is 2.08. The third kappa shape index (κ3) is 4.56. The summed E-state index contributed by atoms with van der Waals surface area (Å²) in [6, 6.07) is 10.3. The van der Waals surface area contributed by atoms with Crippen molar-refractivity contribution >= 4 is 17.7 Å². The van der Waals surface area contributed by atoms with Gasteiger partial charge in [-0.25, -0.2) is 0 Å². The van der Waals surface area contributed by atoms with Crippen molar-refractivity contribution in [2.75, 3.05) is 19.8 Å². The zero-order chi connectivity index (χ0) is 16.8. The Morgan fingerprint density at radius 2 is 2.00 bits per heavy atom. The minimum absolute atomic E-state index is 0.175. The standard InChI is InChI=1S/C16H23N5OS/c1-4-13(20(2)3)15-18-19-16(23-11-14(17)22)21(15)10-12-8-6-5-7-9-12/h5-9,13H,4,10-11H2,1-3H3,(H2,17,22)/t13-/m1/s1. The molecule has 1 amide bonds. The Bertz CT molecular complexity index is 641. The lowest BCUT2D eigenvalue weighted by atomic mass is 10.2. The summed E-state index contributed by atoms with van der Waals surface area (Å²) >= 11 is 1.33. The molecule has 2 N–H and O–H groups in total. The van der Waals surface area contributed by atoms with Gasteiger partial charge in [0.15, 0.2) is 11.0 Å². The third-order valence-electron chi connectivity index (χ3n) is 3.58. The number of hydrogen-bond donors (Lipinski definition) is 1. The number of hydrogen-bond acceptors (Lipinski definition) is 5. The van der Waals surface area contributed by atoms with Gasteiger partial charge in [0.05, 0.1) is 18.3 Å². The Balaban J connectivity index is 2.36. The van der Waals surface area contributed by atoms with Gasteiger partial charge in [0.25, 0.3) is 0 Å². The summed E-state index contributed by atoms with van der Waals surface area (Å²) in [7, 11) is 4.07. The van der Waals surface area contributed by atoms with Crippen molar-refractivity contribution in [3.63, 3.8) is 0 Å². The molecule has 1 aromatic carbocycles. The molecule has 6 nitrogen and oxygen atoms in total. The molecule has 0 unspecified atom stereocenters. The van der Waals surface area contributed by atoms with Gasteiger partial charge in [0.1, 0.15) is 0 Å². The van der Waals surface area contributed by atoms with E-state index < -0.39 is 0 Å². The van der Waals surface area contributed by atoms with E-state index in [2.05, 4.69) is 38.7 Å². The molecule has 1 heterocycles. The van der Waals surface area contributed by atoms with Crippen LogP contribution in [-0.4, -0.2) is 45.4 Å². The van der Waals surface area contributed by atoms with Crippen molar-refractivity contribution in [3.8, 4) is 0 Å². The third-order valence-corrected chi connectivity index (χ3v) is 4.57. The summed E-state index contributed by atoms with van der Waals surface area (Å²) in [5.74, 6) is 0.755. The first kappa shape index (κ1) is 17.5. The first-order valence-electron chi connectivity index (χ1n) is 7.57. The van der Waals surface area contributed by atoms with E-state index >= 15 is 0 Å². The number of nitrogens with zero attached hydrogens (tertiary/aromatic N) is 4. The molecular weight excluding hydrogens is 310 g/mol. The van der Waals surface area contributed by atoms with Crippen LogP contribution < -0.4 is 5.73 Å². The smallest absolute Gasteiger partial charge is 0.227 e. The van der Waals surface area contributed by atoms with Crippen molar-refractivity contribution in [1.29, 1.82) is 0 Å². The van der Waals surface area contributed by atoms with Gasteiger partial charge in [-0.05, 0) is 26.1 Å². The minimum Gasteiger partial charge on any atom is -0.369 e. The molecule has 0 saturated heterocycles. The van der Waals surface area contributed by atoms with Crippen LogP contribution in [0.25, 0.3) is 0 Å². The summed E-state index contributed by atoms with van der Waals surface area (Å²) in [6.45, 7) is 2.80. The molecule has 0 spiro atoms. The van der Waals surface area contributed by atoms with Gasteiger partial charge in [-0.15, -0.1) is 10.2 Å². The van der Waals surface area contributed by atoms with Gasteiger partial charge in [-0.2, -0.15) is 0 Å². The molecule has 0 aliphatic heterocycles. The molecule has 23 heavy (non-hydrogen) atoms. The molecule has 0 bridgehead atoms. The number of amides is 1. The minimum atomic E-state index is -0.356. The van der Waals surface area contributed by atoms with Crippen LogP contribution in [0.1, 0.15) is 30.8 Å². The van der Waals surface area contributed by atoms with Gasteiger partial charge in [-0.3, -0.25) is 9.69 Å². The Morgan fingerprint density at radius 1 is 1.30 bits per heavy atom. The molecule has 1 atom stereocenters. The highest BCUT2D eigenvalue weighted by Gasteiger charge is 2.22. The highest BCUT2D eigenvalue weighted by Crippen LogP contribution is 2.26. The summed E-state index contributed by atoms with van der Waals surface area (Å²) in [6.07, 6.45) is 0.931. The first-order chi connectivity index (χ1) is 11.0. The van der Waals surface area contributed by atoms with E-state index in [0.29, 0.717) is 6.54 Å². The number of carbonyl (C=O) groups excluding carboxylic acids is 1.